The molecule has 3 aromatic carbocycles. The largest absolute Gasteiger partial charge is 0.493 e. The molecule has 3 rings (SSSR count). The standard InChI is InChI=1S/C25H27ClN2O5S/c1-18-9-11-20(16-22(18)26)28(34(30,31)21-7-5-4-6-8-21)17-25(29)27-14-13-19-10-12-23(32-2)24(15-19)33-3/h4-12,15-16H,13-14,17H2,1-3H3,(H,27,29). The number of amides is 1. The van der Waals surface area contributed by atoms with Gasteiger partial charge in [-0.05, 0) is 60.9 Å². The van der Waals surface area contributed by atoms with E-state index in [9.17, 15) is 13.2 Å². The summed E-state index contributed by atoms with van der Waals surface area (Å²) in [5.74, 6) is 0.785. The molecule has 180 valence electrons. The van der Waals surface area contributed by atoms with Crippen LogP contribution in [0.15, 0.2) is 71.6 Å². The van der Waals surface area contributed by atoms with E-state index < -0.39 is 15.9 Å². The van der Waals surface area contributed by atoms with Gasteiger partial charge in [-0.25, -0.2) is 8.42 Å². The van der Waals surface area contributed by atoms with Gasteiger partial charge in [0.2, 0.25) is 5.91 Å². The fourth-order valence-corrected chi connectivity index (χ4v) is 4.95. The Bertz CT molecular complexity index is 1250. The third-order valence-corrected chi connectivity index (χ3v) is 7.44. The van der Waals surface area contributed by atoms with Gasteiger partial charge in [0.1, 0.15) is 6.54 Å². The lowest BCUT2D eigenvalue weighted by Gasteiger charge is -2.24. The Morgan fingerprint density at radius 1 is 0.971 bits per heavy atom. The molecular formula is C25H27ClN2O5S. The van der Waals surface area contributed by atoms with Gasteiger partial charge in [-0.15, -0.1) is 0 Å². The van der Waals surface area contributed by atoms with Gasteiger partial charge < -0.3 is 14.8 Å². The Hall–Kier alpha value is -3.23. The van der Waals surface area contributed by atoms with Crippen LogP contribution in [-0.2, 0) is 21.2 Å². The lowest BCUT2D eigenvalue weighted by Crippen LogP contribution is -2.41. The van der Waals surface area contributed by atoms with Gasteiger partial charge in [-0.2, -0.15) is 0 Å². The van der Waals surface area contributed by atoms with Crippen molar-refractivity contribution in [2.24, 2.45) is 0 Å². The summed E-state index contributed by atoms with van der Waals surface area (Å²) in [6.07, 6.45) is 0.536. The number of anilines is 1. The second-order valence-corrected chi connectivity index (χ2v) is 9.82. The van der Waals surface area contributed by atoms with Crippen molar-refractivity contribution < 1.29 is 22.7 Å². The summed E-state index contributed by atoms with van der Waals surface area (Å²) in [5.41, 5.74) is 2.06. The van der Waals surface area contributed by atoms with Crippen molar-refractivity contribution in [2.75, 3.05) is 31.6 Å². The highest BCUT2D eigenvalue weighted by Crippen LogP contribution is 2.29. The Morgan fingerprint density at radius 2 is 1.68 bits per heavy atom. The van der Waals surface area contributed by atoms with Gasteiger partial charge >= 0.3 is 0 Å². The monoisotopic (exact) mass is 502 g/mol. The van der Waals surface area contributed by atoms with Gasteiger partial charge in [0, 0.05) is 11.6 Å². The van der Waals surface area contributed by atoms with Crippen LogP contribution in [0.3, 0.4) is 0 Å². The average Bonchev–Trinajstić information content (AvgIpc) is 2.84. The molecule has 0 radical (unpaired) electrons. The first-order chi connectivity index (χ1) is 16.3. The Balaban J connectivity index is 1.76. The van der Waals surface area contributed by atoms with Crippen molar-refractivity contribution >= 4 is 33.2 Å². The SMILES string of the molecule is COc1ccc(CCNC(=O)CN(c2ccc(C)c(Cl)c2)S(=O)(=O)c2ccccc2)cc1OC. The summed E-state index contributed by atoms with van der Waals surface area (Å²) in [5, 5.41) is 3.21. The fraction of sp³-hybridized carbons (Fsp3) is 0.240. The number of carbonyl (C=O) groups is 1. The molecule has 0 saturated carbocycles. The predicted molar refractivity (Wildman–Crippen MR) is 133 cm³/mol. The molecule has 3 aromatic rings. The molecule has 0 aliphatic heterocycles. The van der Waals surface area contributed by atoms with E-state index in [1.165, 1.54) is 12.1 Å². The molecule has 1 amide bonds. The van der Waals surface area contributed by atoms with Crippen LogP contribution in [0, 0.1) is 6.92 Å². The number of rotatable bonds is 10. The van der Waals surface area contributed by atoms with Crippen LogP contribution in [0.1, 0.15) is 11.1 Å². The number of nitrogens with zero attached hydrogens (tertiary/aromatic N) is 1. The zero-order valence-electron chi connectivity index (χ0n) is 19.2. The number of hydrogen-bond acceptors (Lipinski definition) is 5. The molecule has 1 N–H and O–H groups in total. The van der Waals surface area contributed by atoms with Crippen LogP contribution in [0.5, 0.6) is 11.5 Å². The smallest absolute Gasteiger partial charge is 0.264 e. The minimum atomic E-state index is -3.99. The first-order valence-corrected chi connectivity index (χ1v) is 12.4. The van der Waals surface area contributed by atoms with E-state index in [1.807, 2.05) is 19.1 Å². The molecule has 9 heteroatoms. The summed E-state index contributed by atoms with van der Waals surface area (Å²) in [7, 11) is -0.868. The van der Waals surface area contributed by atoms with Crippen LogP contribution >= 0.6 is 11.6 Å². The third kappa shape index (κ3) is 6.01. The van der Waals surface area contributed by atoms with E-state index in [4.69, 9.17) is 21.1 Å². The Kier molecular flexibility index (Phi) is 8.41. The van der Waals surface area contributed by atoms with Crippen LogP contribution in [0.2, 0.25) is 5.02 Å². The van der Waals surface area contributed by atoms with Crippen molar-refractivity contribution in [3.63, 3.8) is 0 Å². The molecule has 34 heavy (non-hydrogen) atoms. The Morgan fingerprint density at radius 3 is 2.32 bits per heavy atom. The number of aryl methyl sites for hydroxylation is 1. The van der Waals surface area contributed by atoms with Gasteiger partial charge in [-0.3, -0.25) is 9.10 Å². The summed E-state index contributed by atoms with van der Waals surface area (Å²) in [6.45, 7) is 1.76. The number of sulfonamides is 1. The van der Waals surface area contributed by atoms with Crippen molar-refractivity contribution in [3.05, 3.63) is 82.9 Å². The third-order valence-electron chi connectivity index (χ3n) is 5.25. The molecule has 0 unspecified atom stereocenters. The molecule has 0 bridgehead atoms. The van der Waals surface area contributed by atoms with E-state index in [0.717, 1.165) is 15.4 Å². The van der Waals surface area contributed by atoms with Crippen molar-refractivity contribution in [2.45, 2.75) is 18.2 Å². The van der Waals surface area contributed by atoms with Crippen molar-refractivity contribution in [1.82, 2.24) is 5.32 Å². The molecule has 0 heterocycles. The second-order valence-electron chi connectivity index (χ2n) is 7.55. The van der Waals surface area contributed by atoms with E-state index in [0.29, 0.717) is 35.2 Å². The molecule has 0 aromatic heterocycles. The quantitative estimate of drug-likeness (QED) is 0.448. The number of ether oxygens (including phenoxy) is 2. The van der Waals surface area contributed by atoms with Crippen LogP contribution in [0.4, 0.5) is 5.69 Å². The highest BCUT2D eigenvalue weighted by molar-refractivity contribution is 7.92. The summed E-state index contributed by atoms with van der Waals surface area (Å²) in [6, 6.07) is 18.4. The number of nitrogens with one attached hydrogen (secondary N) is 1. The topological polar surface area (TPSA) is 84.9 Å². The average molecular weight is 503 g/mol. The molecule has 0 aliphatic carbocycles. The highest BCUT2D eigenvalue weighted by atomic mass is 35.5. The maximum absolute atomic E-state index is 13.4. The lowest BCUT2D eigenvalue weighted by molar-refractivity contribution is -0.119. The maximum Gasteiger partial charge on any atom is 0.264 e. The fourth-order valence-electron chi connectivity index (χ4n) is 3.34. The zero-order chi connectivity index (χ0) is 24.7. The first kappa shape index (κ1) is 25.4. The first-order valence-electron chi connectivity index (χ1n) is 10.6. The van der Waals surface area contributed by atoms with E-state index in [-0.39, 0.29) is 11.4 Å². The number of halogens is 1. The molecule has 0 aliphatic rings. The zero-order valence-corrected chi connectivity index (χ0v) is 20.8. The van der Waals surface area contributed by atoms with Crippen LogP contribution in [-0.4, -0.2) is 41.6 Å². The van der Waals surface area contributed by atoms with E-state index in [2.05, 4.69) is 5.32 Å². The molecule has 7 nitrogen and oxygen atoms in total. The molecule has 0 atom stereocenters. The van der Waals surface area contributed by atoms with E-state index >= 15 is 0 Å². The summed E-state index contributed by atoms with van der Waals surface area (Å²) >= 11 is 6.25. The van der Waals surface area contributed by atoms with E-state index in [1.54, 1.807) is 56.7 Å². The van der Waals surface area contributed by atoms with Crippen LogP contribution < -0.4 is 19.1 Å². The molecule has 0 fully saturated rings. The summed E-state index contributed by atoms with van der Waals surface area (Å²) < 4.78 is 38.3. The Labute approximate surface area is 205 Å². The summed E-state index contributed by atoms with van der Waals surface area (Å²) in [4.78, 5) is 12.9. The van der Waals surface area contributed by atoms with Crippen LogP contribution in [0.25, 0.3) is 0 Å². The minimum Gasteiger partial charge on any atom is -0.493 e. The molecule has 0 saturated heterocycles. The number of hydrogen-bond donors (Lipinski definition) is 1. The van der Waals surface area contributed by atoms with Crippen molar-refractivity contribution in [3.8, 4) is 11.5 Å². The normalized spacial score (nSPS) is 11.1. The maximum atomic E-state index is 13.4. The number of benzene rings is 3. The van der Waals surface area contributed by atoms with Gasteiger partial charge in [0.05, 0.1) is 24.8 Å². The minimum absolute atomic E-state index is 0.0878. The molecular weight excluding hydrogens is 476 g/mol. The lowest BCUT2D eigenvalue weighted by atomic mass is 10.1. The molecule has 0 spiro atoms. The van der Waals surface area contributed by atoms with Gasteiger partial charge in [0.25, 0.3) is 10.0 Å². The number of methoxy groups -OCH3 is 2. The number of carbonyl (C=O) groups excluding carboxylic acids is 1. The second kappa shape index (κ2) is 11.3. The van der Waals surface area contributed by atoms with Gasteiger partial charge in [0.15, 0.2) is 11.5 Å². The van der Waals surface area contributed by atoms with Crippen molar-refractivity contribution in [1.29, 1.82) is 0 Å². The van der Waals surface area contributed by atoms with Gasteiger partial charge in [-0.1, -0.05) is 41.9 Å². The predicted octanol–water partition coefficient (Wildman–Crippen LogP) is 4.22. The highest BCUT2D eigenvalue weighted by Gasteiger charge is 2.27.